The van der Waals surface area contributed by atoms with E-state index in [1.165, 1.54) is 30.2 Å². The molecule has 0 unspecified atom stereocenters. The Morgan fingerprint density at radius 1 is 1.16 bits per heavy atom. The monoisotopic (exact) mass is 279 g/mol. The second-order valence-corrected chi connectivity index (χ2v) is 6.33. The third-order valence-electron chi connectivity index (χ3n) is 3.62. The molecule has 3 nitrogen and oxygen atoms in total. The van der Waals surface area contributed by atoms with E-state index in [4.69, 9.17) is 5.73 Å². The summed E-state index contributed by atoms with van der Waals surface area (Å²) in [6, 6.07) is 8.19. The summed E-state index contributed by atoms with van der Waals surface area (Å²) in [6.45, 7) is 7.97. The van der Waals surface area contributed by atoms with Gasteiger partial charge in [-0.25, -0.2) is 0 Å². The fourth-order valence-electron chi connectivity index (χ4n) is 2.52. The van der Waals surface area contributed by atoms with Crippen LogP contribution in [-0.2, 0) is 0 Å². The van der Waals surface area contributed by atoms with E-state index < -0.39 is 0 Å². The highest BCUT2D eigenvalue weighted by atomic mass is 32.2. The molecule has 0 atom stereocenters. The SMILES string of the molecule is CCSCCCN1CCN(c2ccccc2N)CC1. The van der Waals surface area contributed by atoms with Gasteiger partial charge < -0.3 is 10.6 Å². The lowest BCUT2D eigenvalue weighted by atomic mass is 10.2. The van der Waals surface area contributed by atoms with Gasteiger partial charge in [0.1, 0.15) is 0 Å². The van der Waals surface area contributed by atoms with Crippen molar-refractivity contribution in [3.05, 3.63) is 24.3 Å². The number of para-hydroxylation sites is 2. The van der Waals surface area contributed by atoms with E-state index in [1.54, 1.807) is 0 Å². The minimum atomic E-state index is 0.898. The number of nitrogen functional groups attached to an aromatic ring is 1. The summed E-state index contributed by atoms with van der Waals surface area (Å²) in [5, 5.41) is 0. The van der Waals surface area contributed by atoms with Crippen molar-refractivity contribution in [1.82, 2.24) is 4.90 Å². The maximum atomic E-state index is 6.04. The number of piperazine rings is 1. The van der Waals surface area contributed by atoms with Gasteiger partial charge in [0.25, 0.3) is 0 Å². The van der Waals surface area contributed by atoms with Crippen LogP contribution in [0, 0.1) is 0 Å². The summed E-state index contributed by atoms with van der Waals surface area (Å²) in [5.74, 6) is 2.53. The van der Waals surface area contributed by atoms with Crippen LogP contribution in [0.5, 0.6) is 0 Å². The standard InChI is InChI=1S/C15H25N3S/c1-2-19-13-5-8-17-9-11-18(12-10-17)15-7-4-3-6-14(15)16/h3-4,6-7H,2,5,8-13,16H2,1H3. The van der Waals surface area contributed by atoms with Crippen LogP contribution in [0.2, 0.25) is 0 Å². The number of thioether (sulfide) groups is 1. The number of rotatable bonds is 6. The summed E-state index contributed by atoms with van der Waals surface area (Å²) in [7, 11) is 0. The van der Waals surface area contributed by atoms with Crippen LogP contribution in [0.1, 0.15) is 13.3 Å². The molecule has 1 fully saturated rings. The average Bonchev–Trinajstić information content (AvgIpc) is 2.45. The highest BCUT2D eigenvalue weighted by Gasteiger charge is 2.17. The first-order valence-corrected chi connectivity index (χ1v) is 8.36. The normalized spacial score (nSPS) is 16.8. The van der Waals surface area contributed by atoms with E-state index >= 15 is 0 Å². The lowest BCUT2D eigenvalue weighted by Gasteiger charge is -2.36. The molecule has 0 bridgehead atoms. The maximum Gasteiger partial charge on any atom is 0.0600 e. The van der Waals surface area contributed by atoms with Crippen LogP contribution in [0.15, 0.2) is 24.3 Å². The second kappa shape index (κ2) is 7.65. The molecule has 1 saturated heterocycles. The number of anilines is 2. The van der Waals surface area contributed by atoms with Crippen LogP contribution in [0.25, 0.3) is 0 Å². The molecular formula is C15H25N3S. The molecule has 0 spiro atoms. The first-order chi connectivity index (χ1) is 9.31. The highest BCUT2D eigenvalue weighted by molar-refractivity contribution is 7.99. The summed E-state index contributed by atoms with van der Waals surface area (Å²) >= 11 is 2.04. The van der Waals surface area contributed by atoms with Gasteiger partial charge in [-0.15, -0.1) is 0 Å². The third-order valence-corrected chi connectivity index (χ3v) is 4.60. The largest absolute Gasteiger partial charge is 0.397 e. The van der Waals surface area contributed by atoms with Gasteiger partial charge in [-0.2, -0.15) is 11.8 Å². The number of hydrogen-bond acceptors (Lipinski definition) is 4. The van der Waals surface area contributed by atoms with E-state index in [0.29, 0.717) is 0 Å². The minimum Gasteiger partial charge on any atom is -0.397 e. The zero-order valence-electron chi connectivity index (χ0n) is 11.8. The molecule has 0 radical (unpaired) electrons. The van der Waals surface area contributed by atoms with Gasteiger partial charge in [-0.3, -0.25) is 4.90 Å². The van der Waals surface area contributed by atoms with Crippen molar-refractivity contribution in [2.24, 2.45) is 0 Å². The topological polar surface area (TPSA) is 32.5 Å². The molecule has 0 saturated carbocycles. The molecule has 19 heavy (non-hydrogen) atoms. The highest BCUT2D eigenvalue weighted by Crippen LogP contribution is 2.23. The zero-order valence-corrected chi connectivity index (χ0v) is 12.7. The molecule has 0 amide bonds. The summed E-state index contributed by atoms with van der Waals surface area (Å²) in [5.41, 5.74) is 8.14. The summed E-state index contributed by atoms with van der Waals surface area (Å²) < 4.78 is 0. The Balaban J connectivity index is 1.75. The van der Waals surface area contributed by atoms with Gasteiger partial charge in [0.05, 0.1) is 11.4 Å². The molecule has 106 valence electrons. The second-order valence-electron chi connectivity index (χ2n) is 4.94. The molecule has 0 aromatic heterocycles. The quantitative estimate of drug-likeness (QED) is 0.641. The van der Waals surface area contributed by atoms with Crippen molar-refractivity contribution >= 4 is 23.1 Å². The van der Waals surface area contributed by atoms with Gasteiger partial charge in [-0.05, 0) is 36.6 Å². The van der Waals surface area contributed by atoms with Crippen molar-refractivity contribution in [3.8, 4) is 0 Å². The molecule has 4 heteroatoms. The fraction of sp³-hybridized carbons (Fsp3) is 0.600. The fourth-order valence-corrected chi connectivity index (χ4v) is 3.14. The lowest BCUT2D eigenvalue weighted by Crippen LogP contribution is -2.46. The number of nitrogens with two attached hydrogens (primary N) is 1. The molecule has 1 aromatic carbocycles. The van der Waals surface area contributed by atoms with Gasteiger partial charge in [0.2, 0.25) is 0 Å². The van der Waals surface area contributed by atoms with Crippen molar-refractivity contribution in [1.29, 1.82) is 0 Å². The molecule has 1 aromatic rings. The Morgan fingerprint density at radius 2 is 1.89 bits per heavy atom. The molecule has 0 aliphatic carbocycles. The molecular weight excluding hydrogens is 254 g/mol. The molecule has 1 aliphatic heterocycles. The molecule has 2 rings (SSSR count). The smallest absolute Gasteiger partial charge is 0.0600 e. The van der Waals surface area contributed by atoms with Crippen molar-refractivity contribution in [2.75, 3.05) is 54.9 Å². The van der Waals surface area contributed by atoms with Crippen molar-refractivity contribution in [3.63, 3.8) is 0 Å². The van der Waals surface area contributed by atoms with Gasteiger partial charge >= 0.3 is 0 Å². The van der Waals surface area contributed by atoms with Crippen molar-refractivity contribution in [2.45, 2.75) is 13.3 Å². The minimum absolute atomic E-state index is 0.898. The van der Waals surface area contributed by atoms with Crippen LogP contribution in [0.4, 0.5) is 11.4 Å². The first-order valence-electron chi connectivity index (χ1n) is 7.21. The lowest BCUT2D eigenvalue weighted by molar-refractivity contribution is 0.259. The van der Waals surface area contributed by atoms with E-state index in [0.717, 1.165) is 31.9 Å². The third kappa shape index (κ3) is 4.32. The Morgan fingerprint density at radius 3 is 2.58 bits per heavy atom. The van der Waals surface area contributed by atoms with Crippen LogP contribution >= 0.6 is 11.8 Å². The Hall–Kier alpha value is -0.870. The van der Waals surface area contributed by atoms with E-state index in [2.05, 4.69) is 28.9 Å². The first kappa shape index (κ1) is 14.5. The van der Waals surface area contributed by atoms with Crippen LogP contribution in [-0.4, -0.2) is 49.1 Å². The zero-order chi connectivity index (χ0) is 13.5. The molecule has 1 heterocycles. The number of nitrogens with zero attached hydrogens (tertiary/aromatic N) is 2. The Labute approximate surface area is 121 Å². The van der Waals surface area contributed by atoms with Gasteiger partial charge in [0.15, 0.2) is 0 Å². The van der Waals surface area contributed by atoms with Crippen LogP contribution in [0.3, 0.4) is 0 Å². The van der Waals surface area contributed by atoms with E-state index in [1.807, 2.05) is 23.9 Å². The van der Waals surface area contributed by atoms with Gasteiger partial charge in [-0.1, -0.05) is 19.1 Å². The number of benzene rings is 1. The van der Waals surface area contributed by atoms with Crippen LogP contribution < -0.4 is 10.6 Å². The van der Waals surface area contributed by atoms with E-state index in [9.17, 15) is 0 Å². The Kier molecular flexibility index (Phi) is 5.86. The predicted molar refractivity (Wildman–Crippen MR) is 87.1 cm³/mol. The van der Waals surface area contributed by atoms with E-state index in [-0.39, 0.29) is 0 Å². The molecule has 2 N–H and O–H groups in total. The molecule has 1 aliphatic rings. The average molecular weight is 279 g/mol. The maximum absolute atomic E-state index is 6.04. The number of hydrogen-bond donors (Lipinski definition) is 1. The summed E-state index contributed by atoms with van der Waals surface area (Å²) in [6.07, 6.45) is 1.31. The van der Waals surface area contributed by atoms with Gasteiger partial charge in [0, 0.05) is 26.2 Å². The van der Waals surface area contributed by atoms with Crippen molar-refractivity contribution < 1.29 is 0 Å². The summed E-state index contributed by atoms with van der Waals surface area (Å²) in [4.78, 5) is 4.98. The Bertz CT molecular complexity index is 375. The predicted octanol–water partition coefficient (Wildman–Crippen LogP) is 2.53.